The molecule has 0 aromatic heterocycles. The Morgan fingerprint density at radius 2 is 2.29 bits per heavy atom. The Hall–Kier alpha value is -0.940. The summed E-state index contributed by atoms with van der Waals surface area (Å²) in [5.41, 5.74) is 0.413. The van der Waals surface area contributed by atoms with Crippen molar-refractivity contribution in [2.45, 2.75) is 38.6 Å². The predicted molar refractivity (Wildman–Crippen MR) is 85.9 cm³/mol. The molecule has 5 heteroatoms. The van der Waals surface area contributed by atoms with E-state index in [2.05, 4.69) is 28.2 Å². The van der Waals surface area contributed by atoms with Crippen LogP contribution in [0.15, 0.2) is 22.7 Å². The molecule has 1 atom stereocenters. The van der Waals surface area contributed by atoms with E-state index in [1.54, 1.807) is 6.07 Å². The highest BCUT2D eigenvalue weighted by molar-refractivity contribution is 9.10. The summed E-state index contributed by atoms with van der Waals surface area (Å²) in [5.74, 6) is -0.473. The van der Waals surface area contributed by atoms with Gasteiger partial charge < -0.3 is 10.2 Å². The van der Waals surface area contributed by atoms with Crippen LogP contribution in [0.3, 0.4) is 0 Å². The van der Waals surface area contributed by atoms with Crippen LogP contribution >= 0.6 is 15.9 Å². The topological polar surface area (TPSA) is 32.3 Å². The van der Waals surface area contributed by atoms with E-state index < -0.39 is 0 Å². The van der Waals surface area contributed by atoms with Crippen LogP contribution < -0.4 is 5.32 Å². The maximum Gasteiger partial charge on any atom is 0.254 e. The number of amides is 1. The molecule has 0 bridgehead atoms. The third-order valence-electron chi connectivity index (χ3n) is 3.78. The van der Waals surface area contributed by atoms with E-state index in [9.17, 15) is 9.18 Å². The highest BCUT2D eigenvalue weighted by atomic mass is 79.9. The number of benzene rings is 1. The van der Waals surface area contributed by atoms with E-state index in [0.717, 1.165) is 38.8 Å². The van der Waals surface area contributed by atoms with Crippen molar-refractivity contribution in [3.63, 3.8) is 0 Å². The minimum absolute atomic E-state index is 0.0858. The number of hydrogen-bond acceptors (Lipinski definition) is 2. The Morgan fingerprint density at radius 3 is 2.90 bits per heavy atom. The Morgan fingerprint density at radius 1 is 1.48 bits per heavy atom. The number of unbranched alkanes of at least 4 members (excludes halogenated alkanes) is 1. The highest BCUT2D eigenvalue weighted by Crippen LogP contribution is 2.18. The van der Waals surface area contributed by atoms with Gasteiger partial charge in [0.1, 0.15) is 5.82 Å². The molecule has 116 valence electrons. The molecule has 1 heterocycles. The summed E-state index contributed by atoms with van der Waals surface area (Å²) in [5, 5.41) is 3.42. The maximum atomic E-state index is 13.5. The lowest BCUT2D eigenvalue weighted by atomic mass is 10.1. The zero-order valence-electron chi connectivity index (χ0n) is 12.4. The molecule has 2 rings (SSSR count). The van der Waals surface area contributed by atoms with Crippen LogP contribution in [0.25, 0.3) is 0 Å². The molecule has 0 saturated carbocycles. The second-order valence-corrected chi connectivity index (χ2v) is 6.47. The predicted octanol–water partition coefficient (Wildman–Crippen LogP) is 3.58. The lowest BCUT2D eigenvalue weighted by Gasteiger charge is -2.26. The molecule has 1 unspecified atom stereocenters. The van der Waals surface area contributed by atoms with Gasteiger partial charge in [0.25, 0.3) is 5.91 Å². The van der Waals surface area contributed by atoms with Crippen LogP contribution in [-0.2, 0) is 0 Å². The van der Waals surface area contributed by atoms with Gasteiger partial charge in [-0.3, -0.25) is 4.79 Å². The van der Waals surface area contributed by atoms with Gasteiger partial charge in [-0.2, -0.15) is 0 Å². The van der Waals surface area contributed by atoms with Crippen molar-refractivity contribution in [1.29, 1.82) is 0 Å². The van der Waals surface area contributed by atoms with Gasteiger partial charge in [0.05, 0.1) is 0 Å². The highest BCUT2D eigenvalue weighted by Gasteiger charge is 2.22. The quantitative estimate of drug-likeness (QED) is 0.844. The van der Waals surface area contributed by atoms with Gasteiger partial charge in [-0.15, -0.1) is 0 Å². The largest absolute Gasteiger partial charge is 0.337 e. The van der Waals surface area contributed by atoms with Crippen molar-refractivity contribution in [2.24, 2.45) is 0 Å². The molecular formula is C16H22BrFN2O. The molecule has 1 aliphatic heterocycles. The van der Waals surface area contributed by atoms with Crippen molar-refractivity contribution >= 4 is 21.8 Å². The molecule has 1 aliphatic rings. The minimum Gasteiger partial charge on any atom is -0.337 e. The lowest BCUT2D eigenvalue weighted by molar-refractivity contribution is 0.0739. The first-order valence-corrected chi connectivity index (χ1v) is 8.38. The molecule has 1 saturated heterocycles. The van der Waals surface area contributed by atoms with Gasteiger partial charge in [-0.1, -0.05) is 29.3 Å². The monoisotopic (exact) mass is 356 g/mol. The van der Waals surface area contributed by atoms with Gasteiger partial charge in [-0.25, -0.2) is 4.39 Å². The average molecular weight is 357 g/mol. The van der Waals surface area contributed by atoms with Crippen LogP contribution in [0, 0.1) is 5.82 Å². The second-order valence-electron chi connectivity index (χ2n) is 5.56. The van der Waals surface area contributed by atoms with Crippen LogP contribution in [0.1, 0.15) is 43.0 Å². The molecule has 3 nitrogen and oxygen atoms in total. The summed E-state index contributed by atoms with van der Waals surface area (Å²) in [6, 6.07) is 4.73. The van der Waals surface area contributed by atoms with Crippen LogP contribution in [0.4, 0.5) is 4.39 Å². The molecule has 1 fully saturated rings. The minimum atomic E-state index is -0.387. The van der Waals surface area contributed by atoms with E-state index in [-0.39, 0.29) is 11.7 Å². The van der Waals surface area contributed by atoms with Gasteiger partial charge in [-0.05, 0) is 44.0 Å². The molecule has 1 aromatic rings. The van der Waals surface area contributed by atoms with Crippen molar-refractivity contribution in [3.8, 4) is 0 Å². The molecule has 0 radical (unpaired) electrons. The summed E-state index contributed by atoms with van der Waals surface area (Å²) in [6.07, 6.45) is 4.26. The Kier molecular flexibility index (Phi) is 6.18. The Labute approximate surface area is 134 Å². The summed E-state index contributed by atoms with van der Waals surface area (Å²) in [4.78, 5) is 14.5. The maximum absolute atomic E-state index is 13.5. The number of hydrogen-bond donors (Lipinski definition) is 1. The van der Waals surface area contributed by atoms with Crippen molar-refractivity contribution < 1.29 is 9.18 Å². The second kappa shape index (κ2) is 7.90. The number of carbonyl (C=O) groups excluding carboxylic acids is 1. The number of rotatable bonds is 6. The van der Waals surface area contributed by atoms with Crippen molar-refractivity contribution in [3.05, 3.63) is 34.1 Å². The van der Waals surface area contributed by atoms with Crippen LogP contribution in [-0.4, -0.2) is 36.5 Å². The van der Waals surface area contributed by atoms with E-state index in [4.69, 9.17) is 0 Å². The van der Waals surface area contributed by atoms with Gasteiger partial charge >= 0.3 is 0 Å². The van der Waals surface area contributed by atoms with Crippen molar-refractivity contribution in [2.75, 3.05) is 19.6 Å². The fraction of sp³-hybridized carbons (Fsp3) is 0.562. The number of nitrogens with one attached hydrogen (secondary N) is 1. The van der Waals surface area contributed by atoms with E-state index >= 15 is 0 Å². The fourth-order valence-electron chi connectivity index (χ4n) is 2.66. The third kappa shape index (κ3) is 4.78. The van der Waals surface area contributed by atoms with Crippen LogP contribution in [0.5, 0.6) is 0 Å². The first kappa shape index (κ1) is 16.4. The summed E-state index contributed by atoms with van der Waals surface area (Å²) < 4.78 is 14.1. The SMILES string of the molecule is CCCCN(CC1CCCN1)C(=O)c1cc(F)cc(Br)c1. The standard InChI is InChI=1S/C16H22BrFN2O/c1-2-3-7-20(11-15-5-4-6-19-15)16(21)12-8-13(17)10-14(18)9-12/h8-10,15,19H,2-7,11H2,1H3. The number of carbonyl (C=O) groups is 1. The summed E-state index contributed by atoms with van der Waals surface area (Å²) in [7, 11) is 0. The molecule has 0 aliphatic carbocycles. The van der Waals surface area contributed by atoms with E-state index in [0.29, 0.717) is 22.6 Å². The molecule has 21 heavy (non-hydrogen) atoms. The fourth-order valence-corrected chi connectivity index (χ4v) is 3.13. The average Bonchev–Trinajstić information content (AvgIpc) is 2.94. The molecular weight excluding hydrogens is 335 g/mol. The van der Waals surface area contributed by atoms with E-state index in [1.807, 2.05) is 4.90 Å². The first-order valence-electron chi connectivity index (χ1n) is 7.59. The zero-order chi connectivity index (χ0) is 15.2. The van der Waals surface area contributed by atoms with Crippen molar-refractivity contribution in [1.82, 2.24) is 10.2 Å². The van der Waals surface area contributed by atoms with Gasteiger partial charge in [0.2, 0.25) is 0 Å². The Balaban J connectivity index is 2.11. The number of nitrogens with zero attached hydrogens (tertiary/aromatic N) is 1. The molecule has 1 amide bonds. The van der Waals surface area contributed by atoms with Crippen LogP contribution in [0.2, 0.25) is 0 Å². The normalized spacial score (nSPS) is 18.0. The zero-order valence-corrected chi connectivity index (χ0v) is 14.0. The Bertz CT molecular complexity index is 469. The molecule has 1 aromatic carbocycles. The smallest absolute Gasteiger partial charge is 0.254 e. The first-order chi connectivity index (χ1) is 10.1. The molecule has 0 spiro atoms. The lowest BCUT2D eigenvalue weighted by Crippen LogP contribution is -2.41. The van der Waals surface area contributed by atoms with Gasteiger partial charge in [0, 0.05) is 29.2 Å². The third-order valence-corrected chi connectivity index (χ3v) is 4.24. The van der Waals surface area contributed by atoms with Gasteiger partial charge in [0.15, 0.2) is 0 Å². The van der Waals surface area contributed by atoms with E-state index in [1.165, 1.54) is 12.1 Å². The molecule has 1 N–H and O–H groups in total. The summed E-state index contributed by atoms with van der Waals surface area (Å²) >= 11 is 3.25. The number of halogens is 2. The summed E-state index contributed by atoms with van der Waals surface area (Å²) in [6.45, 7) is 4.55.